The number of hydrogen-bond donors (Lipinski definition) is 0. The number of amides is 1. The van der Waals surface area contributed by atoms with Crippen molar-refractivity contribution in [3.05, 3.63) is 83.8 Å². The second-order valence-electron chi connectivity index (χ2n) is 10.7. The Morgan fingerprint density at radius 3 is 2.49 bits per heavy atom. The summed E-state index contributed by atoms with van der Waals surface area (Å²) in [5.41, 5.74) is 3.15. The van der Waals surface area contributed by atoms with Crippen LogP contribution in [0.2, 0.25) is 0 Å². The lowest BCUT2D eigenvalue weighted by Crippen LogP contribution is -2.46. The molecule has 2 aromatic carbocycles. The van der Waals surface area contributed by atoms with E-state index >= 15 is 0 Å². The largest absolute Gasteiger partial charge is 0.455 e. The summed E-state index contributed by atoms with van der Waals surface area (Å²) in [5.74, 6) is 4.06. The Morgan fingerprint density at radius 1 is 0.837 bits per heavy atom. The van der Waals surface area contributed by atoms with E-state index in [0.717, 1.165) is 61.3 Å². The lowest BCUT2D eigenvalue weighted by molar-refractivity contribution is 0.0282. The maximum atomic E-state index is 12.8. The average Bonchev–Trinajstić information content (AvgIpc) is 3.74. The lowest BCUT2D eigenvalue weighted by Gasteiger charge is -2.35. The van der Waals surface area contributed by atoms with Gasteiger partial charge in [-0.05, 0) is 29.8 Å². The second-order valence-corrected chi connectivity index (χ2v) is 11.6. The van der Waals surface area contributed by atoms with Crippen molar-refractivity contribution in [2.75, 3.05) is 64.2 Å². The Morgan fingerprint density at radius 2 is 1.65 bits per heavy atom. The molecule has 0 spiro atoms. The molecule has 0 atom stereocenters. The molecule has 0 N–H and O–H groups in total. The Bertz CT molecular complexity index is 1570. The number of benzene rings is 2. The standard InChI is InChI=1S/C32H33N5O5S/c38-31(37-14-16-39-17-15-37)28-9-7-25(42-28)21-43-32-33-26(24-4-2-1-3-5-24)19-30(34-32)36-12-10-35(11-13-36)20-23-6-8-27-29(18-23)41-22-40-27/h1-9,18-19H,10-17,20-22H2. The van der Waals surface area contributed by atoms with Crippen molar-refractivity contribution >= 4 is 23.5 Å². The van der Waals surface area contributed by atoms with Gasteiger partial charge in [-0.15, -0.1) is 0 Å². The highest BCUT2D eigenvalue weighted by Gasteiger charge is 2.23. The Labute approximate surface area is 254 Å². The molecule has 222 valence electrons. The van der Waals surface area contributed by atoms with Crippen molar-refractivity contribution in [3.8, 4) is 22.8 Å². The molecule has 3 aliphatic rings. The van der Waals surface area contributed by atoms with Gasteiger partial charge in [0, 0.05) is 57.4 Å². The number of rotatable bonds is 8. The van der Waals surface area contributed by atoms with Crippen LogP contribution in [0.15, 0.2) is 76.3 Å². The molecule has 2 aromatic heterocycles. The minimum atomic E-state index is -0.0955. The number of ether oxygens (including phenoxy) is 3. The summed E-state index contributed by atoms with van der Waals surface area (Å²) in [6, 6.07) is 22.1. The quantitative estimate of drug-likeness (QED) is 0.212. The molecule has 0 unspecified atom stereocenters. The van der Waals surface area contributed by atoms with Crippen LogP contribution in [-0.2, 0) is 17.0 Å². The fourth-order valence-electron chi connectivity index (χ4n) is 5.46. The summed E-state index contributed by atoms with van der Waals surface area (Å²) >= 11 is 1.51. The number of nitrogens with zero attached hydrogens (tertiary/aromatic N) is 5. The fourth-order valence-corrected chi connectivity index (χ4v) is 6.20. The maximum absolute atomic E-state index is 12.8. The number of thioether (sulfide) groups is 1. The van der Waals surface area contributed by atoms with Crippen molar-refractivity contribution in [2.24, 2.45) is 0 Å². The van der Waals surface area contributed by atoms with Gasteiger partial charge in [0.25, 0.3) is 5.91 Å². The highest BCUT2D eigenvalue weighted by atomic mass is 32.2. The zero-order chi connectivity index (χ0) is 29.0. The van der Waals surface area contributed by atoms with Crippen LogP contribution in [0.5, 0.6) is 11.5 Å². The van der Waals surface area contributed by atoms with E-state index in [-0.39, 0.29) is 5.91 Å². The van der Waals surface area contributed by atoms with Gasteiger partial charge in [0.1, 0.15) is 11.6 Å². The minimum Gasteiger partial charge on any atom is -0.455 e. The summed E-state index contributed by atoms with van der Waals surface area (Å²) in [4.78, 5) is 29.2. The first kappa shape index (κ1) is 27.8. The number of hydrogen-bond acceptors (Lipinski definition) is 10. The van der Waals surface area contributed by atoms with Crippen LogP contribution in [0.3, 0.4) is 0 Å². The highest BCUT2D eigenvalue weighted by Crippen LogP contribution is 2.33. The third-order valence-corrected chi connectivity index (χ3v) is 8.68. The Balaban J connectivity index is 1.03. The van der Waals surface area contributed by atoms with Crippen molar-refractivity contribution in [1.82, 2.24) is 19.8 Å². The molecule has 3 aliphatic heterocycles. The molecule has 7 rings (SSSR count). The van der Waals surface area contributed by atoms with Crippen molar-refractivity contribution < 1.29 is 23.4 Å². The lowest BCUT2D eigenvalue weighted by atomic mass is 10.1. The number of aromatic nitrogens is 2. The van der Waals surface area contributed by atoms with Crippen molar-refractivity contribution in [2.45, 2.75) is 17.5 Å². The zero-order valence-electron chi connectivity index (χ0n) is 23.8. The molecular weight excluding hydrogens is 566 g/mol. The van der Waals surface area contributed by atoms with Gasteiger partial charge in [0.2, 0.25) is 6.79 Å². The molecule has 0 aliphatic carbocycles. The van der Waals surface area contributed by atoms with Gasteiger partial charge < -0.3 is 28.4 Å². The van der Waals surface area contributed by atoms with Gasteiger partial charge in [-0.1, -0.05) is 48.2 Å². The molecule has 4 aromatic rings. The minimum absolute atomic E-state index is 0.0955. The summed E-state index contributed by atoms with van der Waals surface area (Å²) in [5, 5.41) is 0.677. The molecule has 1 amide bonds. The Hall–Kier alpha value is -4.06. The van der Waals surface area contributed by atoms with Gasteiger partial charge in [0.05, 0.1) is 24.7 Å². The molecule has 0 bridgehead atoms. The van der Waals surface area contributed by atoms with Crippen LogP contribution in [0, 0.1) is 0 Å². The molecule has 2 fully saturated rings. The molecule has 2 saturated heterocycles. The number of piperazine rings is 1. The summed E-state index contributed by atoms with van der Waals surface area (Å²) in [6.45, 7) is 7.02. The second kappa shape index (κ2) is 12.7. The SMILES string of the molecule is O=C(c1ccc(CSc2nc(-c3ccccc3)cc(N3CCN(Cc4ccc5c(c4)OCO5)CC3)n2)o1)N1CCOCC1. The zero-order valence-corrected chi connectivity index (χ0v) is 24.6. The molecule has 5 heterocycles. The molecule has 10 nitrogen and oxygen atoms in total. The molecule has 11 heteroatoms. The highest BCUT2D eigenvalue weighted by molar-refractivity contribution is 7.98. The fraction of sp³-hybridized carbons (Fsp3) is 0.344. The third kappa shape index (κ3) is 6.48. The number of fused-ring (bicyclic) bond motifs is 1. The van der Waals surface area contributed by atoms with Crippen LogP contribution in [0.25, 0.3) is 11.3 Å². The molecular formula is C32H33N5O5S. The van der Waals surface area contributed by atoms with E-state index in [2.05, 4.69) is 40.1 Å². The first-order chi connectivity index (χ1) is 21.2. The molecule has 0 saturated carbocycles. The summed E-state index contributed by atoms with van der Waals surface area (Å²) in [7, 11) is 0. The van der Waals surface area contributed by atoms with Crippen LogP contribution in [-0.4, -0.2) is 85.0 Å². The van der Waals surface area contributed by atoms with Gasteiger partial charge in [-0.3, -0.25) is 9.69 Å². The normalized spacial score (nSPS) is 16.9. The van der Waals surface area contributed by atoms with Gasteiger partial charge in [-0.25, -0.2) is 9.97 Å². The maximum Gasteiger partial charge on any atom is 0.289 e. The number of carbonyl (C=O) groups is 1. The van der Waals surface area contributed by atoms with Crippen molar-refractivity contribution in [1.29, 1.82) is 0 Å². The van der Waals surface area contributed by atoms with Crippen LogP contribution >= 0.6 is 11.8 Å². The number of carbonyl (C=O) groups excluding carboxylic acids is 1. The van der Waals surface area contributed by atoms with Gasteiger partial charge in [-0.2, -0.15) is 0 Å². The van der Waals surface area contributed by atoms with E-state index < -0.39 is 0 Å². The van der Waals surface area contributed by atoms with Crippen molar-refractivity contribution in [3.63, 3.8) is 0 Å². The summed E-state index contributed by atoms with van der Waals surface area (Å²) < 4.78 is 22.3. The van der Waals surface area contributed by atoms with E-state index in [9.17, 15) is 4.79 Å². The monoisotopic (exact) mass is 599 g/mol. The number of anilines is 1. The molecule has 43 heavy (non-hydrogen) atoms. The predicted octanol–water partition coefficient (Wildman–Crippen LogP) is 4.55. The van der Waals surface area contributed by atoms with Crippen LogP contribution < -0.4 is 14.4 Å². The number of morpholine rings is 1. The van der Waals surface area contributed by atoms with E-state index in [1.807, 2.05) is 30.3 Å². The van der Waals surface area contributed by atoms with Gasteiger partial charge >= 0.3 is 0 Å². The predicted molar refractivity (Wildman–Crippen MR) is 163 cm³/mol. The Kier molecular flexibility index (Phi) is 8.17. The summed E-state index contributed by atoms with van der Waals surface area (Å²) in [6.07, 6.45) is 0. The first-order valence-electron chi connectivity index (χ1n) is 14.6. The average molecular weight is 600 g/mol. The first-order valence-corrected chi connectivity index (χ1v) is 15.6. The smallest absolute Gasteiger partial charge is 0.289 e. The van der Waals surface area contributed by atoms with Crippen LogP contribution in [0.4, 0.5) is 5.82 Å². The van der Waals surface area contributed by atoms with E-state index in [4.69, 9.17) is 28.6 Å². The topological polar surface area (TPSA) is 93.4 Å². The third-order valence-electron chi connectivity index (χ3n) is 7.82. The van der Waals surface area contributed by atoms with Crippen LogP contribution in [0.1, 0.15) is 21.9 Å². The van der Waals surface area contributed by atoms with E-state index in [1.54, 1.807) is 11.0 Å². The number of furan rings is 1. The van der Waals surface area contributed by atoms with E-state index in [0.29, 0.717) is 55.5 Å². The molecule has 0 radical (unpaired) electrons. The van der Waals surface area contributed by atoms with E-state index in [1.165, 1.54) is 17.3 Å². The van der Waals surface area contributed by atoms with Gasteiger partial charge in [0.15, 0.2) is 22.4 Å².